The fraction of sp³-hybridized carbons (Fsp3) is 0.400. The minimum absolute atomic E-state index is 0.0646. The topological polar surface area (TPSA) is 90.2 Å². The van der Waals surface area contributed by atoms with Crippen LogP contribution < -0.4 is 4.90 Å². The zero-order valence-corrected chi connectivity index (χ0v) is 16.1. The first-order valence-electron chi connectivity index (χ1n) is 9.68. The maximum atomic E-state index is 12.9. The molecule has 29 heavy (non-hydrogen) atoms. The largest absolute Gasteiger partial charge is 0.459 e. The van der Waals surface area contributed by atoms with Gasteiger partial charge in [-0.25, -0.2) is 4.98 Å². The molecule has 0 atom stereocenters. The minimum atomic E-state index is -0.150. The number of piperazine rings is 2. The van der Waals surface area contributed by atoms with E-state index >= 15 is 0 Å². The van der Waals surface area contributed by atoms with Gasteiger partial charge in [0.1, 0.15) is 5.82 Å². The zero-order chi connectivity index (χ0) is 20.2. The average Bonchev–Trinajstić information content (AvgIpc) is 3.33. The summed E-state index contributed by atoms with van der Waals surface area (Å²) in [6, 6.07) is 6.85. The molecule has 4 heterocycles. The van der Waals surface area contributed by atoms with Crippen LogP contribution in [0, 0.1) is 0 Å². The molecule has 0 aromatic carbocycles. The normalized spacial score (nSPS) is 17.4. The maximum Gasteiger partial charge on any atom is 0.289 e. The third kappa shape index (κ3) is 4.08. The van der Waals surface area contributed by atoms with E-state index in [1.165, 1.54) is 6.26 Å². The predicted octanol–water partition coefficient (Wildman–Crippen LogP) is 0.551. The number of nitrogens with zero attached hydrogens (tertiary/aromatic N) is 5. The molecular formula is C20H23N5O4. The standard InChI is InChI=1S/C20H23N5O4/c26-15-22-5-7-23(8-6-22)18-14-16(3-4-21-18)19(27)24-9-11-25(12-10-24)20(28)17-2-1-13-29-17/h1-4,13-15H,5-12H2. The second-order valence-corrected chi connectivity index (χ2v) is 7.09. The van der Waals surface area contributed by atoms with Gasteiger partial charge in [0, 0.05) is 64.1 Å². The van der Waals surface area contributed by atoms with Crippen LogP contribution in [0.15, 0.2) is 41.1 Å². The molecule has 0 saturated carbocycles. The van der Waals surface area contributed by atoms with Crippen LogP contribution in [-0.2, 0) is 4.79 Å². The molecule has 9 heteroatoms. The summed E-state index contributed by atoms with van der Waals surface area (Å²) in [4.78, 5) is 47.8. The Kier molecular flexibility index (Phi) is 5.46. The van der Waals surface area contributed by atoms with Crippen molar-refractivity contribution in [3.05, 3.63) is 48.0 Å². The van der Waals surface area contributed by atoms with Crippen molar-refractivity contribution < 1.29 is 18.8 Å². The summed E-state index contributed by atoms with van der Waals surface area (Å²) in [6.45, 7) is 4.56. The number of furan rings is 1. The Balaban J connectivity index is 1.37. The van der Waals surface area contributed by atoms with Gasteiger partial charge < -0.3 is 24.0 Å². The molecule has 4 rings (SSSR count). The van der Waals surface area contributed by atoms with Crippen LogP contribution in [0.1, 0.15) is 20.9 Å². The number of hydrogen-bond acceptors (Lipinski definition) is 6. The van der Waals surface area contributed by atoms with Crippen molar-refractivity contribution in [1.82, 2.24) is 19.7 Å². The molecule has 152 valence electrons. The first-order chi connectivity index (χ1) is 14.2. The summed E-state index contributed by atoms with van der Waals surface area (Å²) >= 11 is 0. The van der Waals surface area contributed by atoms with E-state index in [1.807, 2.05) is 0 Å². The fourth-order valence-corrected chi connectivity index (χ4v) is 3.63. The minimum Gasteiger partial charge on any atom is -0.459 e. The van der Waals surface area contributed by atoms with E-state index in [9.17, 15) is 14.4 Å². The maximum absolute atomic E-state index is 12.9. The van der Waals surface area contributed by atoms with E-state index in [0.717, 1.165) is 12.2 Å². The van der Waals surface area contributed by atoms with Crippen LogP contribution >= 0.6 is 0 Å². The van der Waals surface area contributed by atoms with Crippen LogP contribution in [0.3, 0.4) is 0 Å². The smallest absolute Gasteiger partial charge is 0.289 e. The lowest BCUT2D eigenvalue weighted by Gasteiger charge is -2.35. The molecule has 3 amide bonds. The van der Waals surface area contributed by atoms with E-state index in [1.54, 1.807) is 45.2 Å². The molecule has 0 radical (unpaired) electrons. The lowest BCUT2D eigenvalue weighted by atomic mass is 10.2. The Morgan fingerprint density at radius 2 is 1.62 bits per heavy atom. The first kappa shape index (κ1) is 19.0. The summed E-state index contributed by atoms with van der Waals surface area (Å²) in [6.07, 6.45) is 3.99. The van der Waals surface area contributed by atoms with Gasteiger partial charge >= 0.3 is 0 Å². The number of anilines is 1. The monoisotopic (exact) mass is 397 g/mol. The van der Waals surface area contributed by atoms with Gasteiger partial charge in [0.25, 0.3) is 11.8 Å². The van der Waals surface area contributed by atoms with E-state index in [-0.39, 0.29) is 11.8 Å². The van der Waals surface area contributed by atoms with Crippen molar-refractivity contribution in [2.75, 3.05) is 57.3 Å². The van der Waals surface area contributed by atoms with Gasteiger partial charge in [-0.05, 0) is 24.3 Å². The van der Waals surface area contributed by atoms with E-state index in [0.29, 0.717) is 63.7 Å². The molecular weight excluding hydrogens is 374 g/mol. The van der Waals surface area contributed by atoms with Gasteiger partial charge in [-0.3, -0.25) is 14.4 Å². The Labute approximate surface area is 168 Å². The second kappa shape index (κ2) is 8.34. The van der Waals surface area contributed by atoms with Gasteiger partial charge in [0.05, 0.1) is 6.26 Å². The third-order valence-corrected chi connectivity index (χ3v) is 5.37. The van der Waals surface area contributed by atoms with Gasteiger partial charge in [-0.1, -0.05) is 0 Å². The van der Waals surface area contributed by atoms with Crippen molar-refractivity contribution >= 4 is 24.0 Å². The molecule has 2 fully saturated rings. The number of carbonyl (C=O) groups is 3. The zero-order valence-electron chi connectivity index (χ0n) is 16.1. The van der Waals surface area contributed by atoms with Crippen molar-refractivity contribution in [3.63, 3.8) is 0 Å². The van der Waals surface area contributed by atoms with Crippen LogP contribution in [0.25, 0.3) is 0 Å². The molecule has 2 saturated heterocycles. The molecule has 2 aromatic rings. The summed E-state index contributed by atoms with van der Waals surface area (Å²) in [7, 11) is 0. The lowest BCUT2D eigenvalue weighted by molar-refractivity contribution is -0.118. The molecule has 2 aromatic heterocycles. The number of carbonyl (C=O) groups excluding carboxylic acids is 3. The van der Waals surface area contributed by atoms with Gasteiger partial charge in [0.2, 0.25) is 6.41 Å². The van der Waals surface area contributed by atoms with Crippen LogP contribution in [0.2, 0.25) is 0 Å². The third-order valence-electron chi connectivity index (χ3n) is 5.37. The van der Waals surface area contributed by atoms with Crippen molar-refractivity contribution in [1.29, 1.82) is 0 Å². The highest BCUT2D eigenvalue weighted by atomic mass is 16.3. The highest BCUT2D eigenvalue weighted by molar-refractivity contribution is 5.95. The fourth-order valence-electron chi connectivity index (χ4n) is 3.63. The van der Waals surface area contributed by atoms with E-state index in [2.05, 4.69) is 9.88 Å². The number of rotatable bonds is 4. The molecule has 9 nitrogen and oxygen atoms in total. The van der Waals surface area contributed by atoms with Crippen molar-refractivity contribution in [3.8, 4) is 0 Å². The highest BCUT2D eigenvalue weighted by Gasteiger charge is 2.27. The Bertz CT molecular complexity index is 869. The van der Waals surface area contributed by atoms with Crippen LogP contribution in [0.4, 0.5) is 5.82 Å². The predicted molar refractivity (Wildman–Crippen MR) is 105 cm³/mol. The van der Waals surface area contributed by atoms with Crippen LogP contribution in [-0.4, -0.2) is 90.3 Å². The van der Waals surface area contributed by atoms with Gasteiger partial charge in [0.15, 0.2) is 5.76 Å². The number of aromatic nitrogens is 1. The van der Waals surface area contributed by atoms with Crippen molar-refractivity contribution in [2.45, 2.75) is 0 Å². The SMILES string of the molecule is O=CN1CCN(c2cc(C(=O)N3CCN(C(=O)c4ccco4)CC3)ccn2)CC1. The molecule has 0 spiro atoms. The molecule has 0 aliphatic carbocycles. The van der Waals surface area contributed by atoms with Gasteiger partial charge in [-0.15, -0.1) is 0 Å². The molecule has 0 bridgehead atoms. The first-order valence-corrected chi connectivity index (χ1v) is 9.68. The summed E-state index contributed by atoms with van der Waals surface area (Å²) in [5.41, 5.74) is 0.582. The van der Waals surface area contributed by atoms with E-state index in [4.69, 9.17) is 4.42 Å². The molecule has 2 aliphatic heterocycles. The highest BCUT2D eigenvalue weighted by Crippen LogP contribution is 2.17. The lowest BCUT2D eigenvalue weighted by Crippen LogP contribution is -2.50. The summed E-state index contributed by atoms with van der Waals surface area (Å²) in [5.74, 6) is 0.847. The Hall–Kier alpha value is -3.36. The molecule has 0 N–H and O–H groups in total. The average molecular weight is 397 g/mol. The number of pyridine rings is 1. The quantitative estimate of drug-likeness (QED) is 0.700. The summed E-state index contributed by atoms with van der Waals surface area (Å²) < 4.78 is 5.17. The second-order valence-electron chi connectivity index (χ2n) is 7.09. The van der Waals surface area contributed by atoms with Crippen LogP contribution in [0.5, 0.6) is 0 Å². The van der Waals surface area contributed by atoms with Gasteiger partial charge in [-0.2, -0.15) is 0 Å². The number of hydrogen-bond donors (Lipinski definition) is 0. The van der Waals surface area contributed by atoms with E-state index < -0.39 is 0 Å². The molecule has 2 aliphatic rings. The molecule has 0 unspecified atom stereocenters. The Morgan fingerprint density at radius 3 is 2.24 bits per heavy atom. The number of amides is 3. The van der Waals surface area contributed by atoms with Crippen molar-refractivity contribution in [2.24, 2.45) is 0 Å². The summed E-state index contributed by atoms with van der Waals surface area (Å²) in [5, 5.41) is 0. The Morgan fingerprint density at radius 1 is 0.931 bits per heavy atom.